The molecule has 0 bridgehead atoms. The van der Waals surface area contributed by atoms with Gasteiger partial charge in [0.05, 0.1) is 17.6 Å². The Bertz CT molecular complexity index is 1080. The minimum Gasteiger partial charge on any atom is -0.333 e. The van der Waals surface area contributed by atoms with Crippen molar-refractivity contribution in [1.82, 2.24) is 15.5 Å². The number of anilines is 2. The van der Waals surface area contributed by atoms with Gasteiger partial charge in [-0.2, -0.15) is 5.10 Å². The van der Waals surface area contributed by atoms with E-state index in [1.165, 1.54) is 0 Å². The number of halogens is 1. The minimum absolute atomic E-state index is 0.242. The van der Waals surface area contributed by atoms with Gasteiger partial charge in [-0.25, -0.2) is 4.99 Å². The third-order valence-corrected chi connectivity index (χ3v) is 4.92. The summed E-state index contributed by atoms with van der Waals surface area (Å²) < 4.78 is 0. The number of nitrogens with zero attached hydrogens (tertiary/aromatic N) is 3. The Morgan fingerprint density at radius 2 is 2.00 bits per heavy atom. The van der Waals surface area contributed by atoms with Crippen molar-refractivity contribution in [3.05, 3.63) is 76.9 Å². The summed E-state index contributed by atoms with van der Waals surface area (Å²) >= 11 is 11.6. The Labute approximate surface area is 177 Å². The van der Waals surface area contributed by atoms with Crippen molar-refractivity contribution in [3.63, 3.8) is 0 Å². The van der Waals surface area contributed by atoms with Crippen LogP contribution in [0.1, 0.15) is 11.1 Å². The molecule has 4 rings (SSSR count). The molecule has 0 spiro atoms. The lowest BCUT2D eigenvalue weighted by Crippen LogP contribution is -2.47. The number of aliphatic imine (C=N–C) groups is 1. The fraction of sp³-hybridized carbons (Fsp3) is 0.100. The average Bonchev–Trinajstić information content (AvgIpc) is 3.20. The van der Waals surface area contributed by atoms with Crippen LogP contribution in [0.2, 0.25) is 5.02 Å². The Kier molecular flexibility index (Phi) is 5.28. The van der Waals surface area contributed by atoms with Gasteiger partial charge in [0.15, 0.2) is 5.11 Å². The summed E-state index contributed by atoms with van der Waals surface area (Å²) in [5.41, 5.74) is 3.02. The lowest BCUT2D eigenvalue weighted by molar-refractivity contribution is -0.119. The fourth-order valence-electron chi connectivity index (χ4n) is 3.07. The van der Waals surface area contributed by atoms with Crippen LogP contribution >= 0.6 is 23.8 Å². The fourth-order valence-corrected chi connectivity index (χ4v) is 3.47. The third kappa shape index (κ3) is 3.98. The van der Waals surface area contributed by atoms with Gasteiger partial charge in [-0.3, -0.25) is 9.89 Å². The van der Waals surface area contributed by atoms with Crippen LogP contribution in [-0.4, -0.2) is 40.1 Å². The van der Waals surface area contributed by atoms with Crippen LogP contribution in [0.5, 0.6) is 0 Å². The number of aromatic amines is 1. The number of likely N-dealkylation sites (N-methyl/N-ethyl adjacent to an activating group) is 1. The van der Waals surface area contributed by atoms with E-state index < -0.39 is 6.17 Å². The molecule has 1 amide bonds. The summed E-state index contributed by atoms with van der Waals surface area (Å²) in [6.45, 7) is 0. The topological polar surface area (TPSA) is 85.4 Å². The quantitative estimate of drug-likeness (QED) is 0.562. The molecule has 1 aliphatic heterocycles. The highest BCUT2D eigenvalue weighted by atomic mass is 35.5. The van der Waals surface area contributed by atoms with Crippen molar-refractivity contribution >= 4 is 52.1 Å². The highest BCUT2D eigenvalue weighted by molar-refractivity contribution is 7.80. The van der Waals surface area contributed by atoms with Crippen molar-refractivity contribution in [1.29, 1.82) is 0 Å². The van der Waals surface area contributed by atoms with E-state index in [1.54, 1.807) is 30.3 Å². The van der Waals surface area contributed by atoms with Gasteiger partial charge in [0, 0.05) is 29.3 Å². The summed E-state index contributed by atoms with van der Waals surface area (Å²) in [4.78, 5) is 19.4. The van der Waals surface area contributed by atoms with E-state index in [4.69, 9.17) is 28.8 Å². The second kappa shape index (κ2) is 8.02. The summed E-state index contributed by atoms with van der Waals surface area (Å²) in [7, 11) is 1.71. The Hall–Kier alpha value is -3.23. The molecule has 7 nitrogen and oxygen atoms in total. The Morgan fingerprint density at radius 3 is 2.72 bits per heavy atom. The summed E-state index contributed by atoms with van der Waals surface area (Å²) in [6, 6.07) is 16.8. The molecule has 1 aromatic heterocycles. The smallest absolute Gasteiger partial charge is 0.272 e. The minimum atomic E-state index is -0.913. The van der Waals surface area contributed by atoms with E-state index >= 15 is 0 Å². The number of fused-ring (bicyclic) bond motifs is 1. The predicted molar refractivity (Wildman–Crippen MR) is 119 cm³/mol. The van der Waals surface area contributed by atoms with E-state index in [0.29, 0.717) is 16.6 Å². The predicted octanol–water partition coefficient (Wildman–Crippen LogP) is 3.19. The number of thiocarbonyl (C=S) groups is 1. The van der Waals surface area contributed by atoms with Gasteiger partial charge in [0.2, 0.25) is 6.17 Å². The number of hydrogen-bond donors (Lipinski definition) is 3. The lowest BCUT2D eigenvalue weighted by atomic mass is 10.0. The van der Waals surface area contributed by atoms with Crippen LogP contribution in [0.15, 0.2) is 65.8 Å². The van der Waals surface area contributed by atoms with E-state index in [0.717, 1.165) is 16.8 Å². The van der Waals surface area contributed by atoms with Crippen LogP contribution < -0.4 is 15.5 Å². The van der Waals surface area contributed by atoms with Gasteiger partial charge >= 0.3 is 0 Å². The van der Waals surface area contributed by atoms with E-state index in [2.05, 4.69) is 20.8 Å². The summed E-state index contributed by atoms with van der Waals surface area (Å²) in [5, 5.41) is 13.4. The number of aromatic nitrogens is 2. The first-order chi connectivity index (χ1) is 14.0. The van der Waals surface area contributed by atoms with Crippen molar-refractivity contribution in [3.8, 4) is 0 Å². The number of benzodiazepines with no additional fused rings is 1. The van der Waals surface area contributed by atoms with Gasteiger partial charge in [-0.1, -0.05) is 41.9 Å². The Balaban J connectivity index is 1.75. The van der Waals surface area contributed by atoms with E-state index in [9.17, 15) is 4.79 Å². The number of amides is 1. The second-order valence-electron chi connectivity index (χ2n) is 6.37. The zero-order chi connectivity index (χ0) is 20.4. The number of carbonyl (C=O) groups excluding carboxylic acids is 1. The zero-order valence-corrected chi connectivity index (χ0v) is 17.0. The summed E-state index contributed by atoms with van der Waals surface area (Å²) in [6.07, 6.45) is 0.686. The first-order valence-corrected chi connectivity index (χ1v) is 9.59. The average molecular weight is 425 g/mol. The van der Waals surface area contributed by atoms with Crippen molar-refractivity contribution in [2.45, 2.75) is 6.17 Å². The van der Waals surface area contributed by atoms with Gasteiger partial charge in [-0.05, 0) is 30.4 Å². The molecule has 1 unspecified atom stereocenters. The van der Waals surface area contributed by atoms with Crippen LogP contribution in [-0.2, 0) is 4.79 Å². The molecule has 3 N–H and O–H groups in total. The monoisotopic (exact) mass is 424 g/mol. The number of rotatable bonds is 3. The largest absolute Gasteiger partial charge is 0.333 e. The molecule has 29 heavy (non-hydrogen) atoms. The lowest BCUT2D eigenvalue weighted by Gasteiger charge is -2.21. The molecule has 0 fully saturated rings. The molecule has 146 valence electrons. The molecule has 1 aliphatic rings. The van der Waals surface area contributed by atoms with Crippen molar-refractivity contribution < 1.29 is 4.79 Å². The maximum Gasteiger partial charge on any atom is 0.272 e. The van der Waals surface area contributed by atoms with E-state index in [1.807, 2.05) is 42.5 Å². The number of carbonyl (C=O) groups is 1. The maximum atomic E-state index is 13.1. The van der Waals surface area contributed by atoms with Gasteiger partial charge < -0.3 is 15.5 Å². The molecule has 0 radical (unpaired) electrons. The molecular formula is C20H17ClN6OS. The number of H-pyrrole nitrogens is 1. The second-order valence-corrected chi connectivity index (χ2v) is 7.22. The maximum absolute atomic E-state index is 13.1. The Morgan fingerprint density at radius 1 is 1.21 bits per heavy atom. The number of nitrogens with one attached hydrogen (secondary N) is 3. The van der Waals surface area contributed by atoms with Crippen LogP contribution in [0.25, 0.3) is 0 Å². The molecule has 1 atom stereocenters. The molecule has 2 aromatic carbocycles. The molecule has 0 saturated heterocycles. The third-order valence-electron chi connectivity index (χ3n) is 4.46. The molecule has 3 aromatic rings. The van der Waals surface area contributed by atoms with Crippen LogP contribution in [0, 0.1) is 0 Å². The molecule has 9 heteroatoms. The van der Waals surface area contributed by atoms with E-state index in [-0.39, 0.29) is 11.0 Å². The number of benzene rings is 2. The van der Waals surface area contributed by atoms with Crippen molar-refractivity contribution in [2.24, 2.45) is 4.99 Å². The van der Waals surface area contributed by atoms with Gasteiger partial charge in [-0.15, -0.1) is 0 Å². The van der Waals surface area contributed by atoms with Crippen LogP contribution in [0.3, 0.4) is 0 Å². The first-order valence-electron chi connectivity index (χ1n) is 8.80. The van der Waals surface area contributed by atoms with Gasteiger partial charge in [0.25, 0.3) is 5.91 Å². The highest BCUT2D eigenvalue weighted by Crippen LogP contribution is 2.29. The SMILES string of the molecule is CN1C(=O)C(NC(=S)Nc2ccn[nH]2)N=C(c2ccccc2)c2cc(Cl)ccc21. The standard InChI is InChI=1S/C20H17ClN6OS/c1-27-15-8-7-13(21)11-14(15)17(12-5-3-2-4-6-12)24-18(19(27)28)25-20(29)23-16-9-10-22-26-16/h2-11,18H,1H3,(H3,22,23,25,26,29). The molecule has 0 aliphatic carbocycles. The first kappa shape index (κ1) is 19.1. The molecule has 0 saturated carbocycles. The number of hydrogen-bond acceptors (Lipinski definition) is 4. The zero-order valence-electron chi connectivity index (χ0n) is 15.4. The normalized spacial score (nSPS) is 15.9. The highest BCUT2D eigenvalue weighted by Gasteiger charge is 2.30. The van der Waals surface area contributed by atoms with Crippen molar-refractivity contribution in [2.75, 3.05) is 17.3 Å². The van der Waals surface area contributed by atoms with Gasteiger partial charge in [0.1, 0.15) is 5.82 Å². The summed E-state index contributed by atoms with van der Waals surface area (Å²) in [5.74, 6) is 0.368. The molecule has 2 heterocycles. The molecular weight excluding hydrogens is 408 g/mol. The van der Waals surface area contributed by atoms with Crippen LogP contribution in [0.4, 0.5) is 11.5 Å².